The van der Waals surface area contributed by atoms with Crippen molar-refractivity contribution in [3.05, 3.63) is 41.6 Å². The maximum Gasteiger partial charge on any atom is 0.241 e. The van der Waals surface area contributed by atoms with Gasteiger partial charge in [-0.05, 0) is 75.0 Å². The van der Waals surface area contributed by atoms with Crippen molar-refractivity contribution in [1.82, 2.24) is 10.7 Å². The van der Waals surface area contributed by atoms with E-state index in [1.165, 1.54) is 0 Å². The Balaban J connectivity index is 1.52. The molecule has 0 spiro atoms. The number of piperidine rings is 1. The van der Waals surface area contributed by atoms with Crippen molar-refractivity contribution in [2.75, 3.05) is 13.1 Å². The van der Waals surface area contributed by atoms with E-state index in [2.05, 4.69) is 26.9 Å². The molecule has 0 bridgehead atoms. The van der Waals surface area contributed by atoms with E-state index in [0.717, 1.165) is 67.9 Å². The predicted molar refractivity (Wildman–Crippen MR) is 106 cm³/mol. The number of benzene rings is 1. The Morgan fingerprint density at radius 2 is 1.89 bits per heavy atom. The molecule has 0 radical (unpaired) electrons. The van der Waals surface area contributed by atoms with Crippen LogP contribution in [-0.4, -0.2) is 37.0 Å². The minimum absolute atomic E-state index is 0.0602. The van der Waals surface area contributed by atoms with Gasteiger partial charge in [0, 0.05) is 18.3 Å². The monoisotopic (exact) mass is 366 g/mol. The van der Waals surface area contributed by atoms with Crippen molar-refractivity contribution < 1.29 is 9.53 Å². The number of nitrogens with zero attached hydrogens (tertiary/aromatic N) is 2. The number of hydrazone groups is 1. The van der Waals surface area contributed by atoms with Gasteiger partial charge in [-0.1, -0.05) is 6.08 Å². The van der Waals surface area contributed by atoms with Crippen LogP contribution in [0, 0.1) is 5.92 Å². The third kappa shape index (κ3) is 4.45. The normalized spacial score (nSPS) is 23.9. The second-order valence-electron chi connectivity index (χ2n) is 7.25. The third-order valence-corrected chi connectivity index (χ3v) is 5.25. The summed E-state index contributed by atoms with van der Waals surface area (Å²) < 4.78 is 6.09. The maximum absolute atomic E-state index is 11.9. The van der Waals surface area contributed by atoms with Gasteiger partial charge in [0.05, 0.1) is 11.6 Å². The Kier molecular flexibility index (Phi) is 5.63. The zero-order chi connectivity index (χ0) is 18.5. The molecule has 0 aliphatic carbocycles. The second kappa shape index (κ2) is 8.48. The molecule has 1 fully saturated rings. The third-order valence-electron chi connectivity index (χ3n) is 5.25. The topological polar surface area (TPSA) is 75.1 Å². The predicted octanol–water partition coefficient (Wildman–Crippen LogP) is 2.80. The number of rotatable bonds is 4. The fraction of sp³-hybridized carbons (Fsp3) is 0.476. The molecule has 1 atom stereocenters. The summed E-state index contributed by atoms with van der Waals surface area (Å²) >= 11 is 0. The van der Waals surface area contributed by atoms with Crippen molar-refractivity contribution in [3.8, 4) is 5.75 Å². The second-order valence-corrected chi connectivity index (χ2v) is 7.25. The summed E-state index contributed by atoms with van der Waals surface area (Å²) in [5.41, 5.74) is 5.45. The van der Waals surface area contributed by atoms with Crippen LogP contribution in [0.1, 0.15) is 44.1 Å². The van der Waals surface area contributed by atoms with Crippen molar-refractivity contribution in [2.45, 2.75) is 44.6 Å². The first-order chi connectivity index (χ1) is 13.3. The smallest absolute Gasteiger partial charge is 0.241 e. The Hall–Kier alpha value is -2.47. The number of hydrogen-bond acceptors (Lipinski definition) is 5. The average Bonchev–Trinajstić information content (AvgIpc) is 2.99. The lowest BCUT2D eigenvalue weighted by molar-refractivity contribution is -0.121. The van der Waals surface area contributed by atoms with E-state index in [-0.39, 0.29) is 17.9 Å². The average molecular weight is 366 g/mol. The molecule has 1 unspecified atom stereocenters. The summed E-state index contributed by atoms with van der Waals surface area (Å²) in [5, 5.41) is 7.72. The van der Waals surface area contributed by atoms with E-state index in [9.17, 15) is 4.79 Å². The highest BCUT2D eigenvalue weighted by Gasteiger charge is 2.29. The summed E-state index contributed by atoms with van der Waals surface area (Å²) in [7, 11) is 0. The lowest BCUT2D eigenvalue weighted by Crippen LogP contribution is -2.34. The SMILES string of the molecule is O=C1CC(C2=CCCCC=N2)C(c2ccc(OC3CCNCC3)cc2)=NN1. The first kappa shape index (κ1) is 17.9. The number of carbonyl (C=O) groups excluding carboxylic acids is 1. The minimum Gasteiger partial charge on any atom is -0.490 e. The van der Waals surface area contributed by atoms with E-state index in [4.69, 9.17) is 4.74 Å². The Morgan fingerprint density at radius 3 is 2.70 bits per heavy atom. The zero-order valence-electron chi connectivity index (χ0n) is 15.5. The first-order valence-electron chi connectivity index (χ1n) is 9.86. The van der Waals surface area contributed by atoms with E-state index < -0.39 is 0 Å². The lowest BCUT2D eigenvalue weighted by Gasteiger charge is -2.25. The lowest BCUT2D eigenvalue weighted by atomic mass is 9.89. The number of ether oxygens (including phenoxy) is 1. The Morgan fingerprint density at radius 1 is 1.07 bits per heavy atom. The summed E-state index contributed by atoms with van der Waals surface area (Å²) in [6, 6.07) is 8.05. The molecule has 142 valence electrons. The zero-order valence-corrected chi connectivity index (χ0v) is 15.5. The van der Waals surface area contributed by atoms with Gasteiger partial charge in [0.25, 0.3) is 0 Å². The number of amides is 1. The molecule has 6 nitrogen and oxygen atoms in total. The molecule has 27 heavy (non-hydrogen) atoms. The molecule has 1 aromatic carbocycles. The van der Waals surface area contributed by atoms with Gasteiger partial charge in [-0.25, -0.2) is 5.43 Å². The van der Waals surface area contributed by atoms with Crippen molar-refractivity contribution >= 4 is 17.8 Å². The van der Waals surface area contributed by atoms with E-state index in [1.54, 1.807) is 0 Å². The summed E-state index contributed by atoms with van der Waals surface area (Å²) in [5.74, 6) is 0.730. The quantitative estimate of drug-likeness (QED) is 0.860. The summed E-state index contributed by atoms with van der Waals surface area (Å²) in [6.45, 7) is 2.02. The molecule has 6 heteroatoms. The Labute approximate surface area is 159 Å². The molecule has 3 heterocycles. The Bertz CT molecular complexity index is 761. The molecule has 3 aliphatic heterocycles. The van der Waals surface area contributed by atoms with Crippen LogP contribution in [0.5, 0.6) is 5.75 Å². The van der Waals surface area contributed by atoms with Crippen LogP contribution in [0.15, 0.2) is 46.1 Å². The number of aliphatic imine (C=N–C) groups is 1. The fourth-order valence-electron chi connectivity index (χ4n) is 3.76. The van der Waals surface area contributed by atoms with Crippen LogP contribution in [0.3, 0.4) is 0 Å². The van der Waals surface area contributed by atoms with Crippen molar-refractivity contribution in [1.29, 1.82) is 0 Å². The standard InChI is InChI=1S/C21H26N4O2/c26-20-14-18(19-4-2-1-3-11-23-19)21(25-24-20)15-5-7-16(8-6-15)27-17-9-12-22-13-10-17/h4-8,11,17-18,22H,1-3,9-10,12-14H2,(H,24,26). The van der Waals surface area contributed by atoms with Gasteiger partial charge in [-0.3, -0.25) is 9.79 Å². The van der Waals surface area contributed by atoms with E-state index in [0.29, 0.717) is 6.42 Å². The van der Waals surface area contributed by atoms with Crippen LogP contribution < -0.4 is 15.5 Å². The number of allylic oxidation sites excluding steroid dienone is 2. The number of hydrogen-bond donors (Lipinski definition) is 2. The molecule has 4 rings (SSSR count). The number of carbonyl (C=O) groups is 1. The van der Waals surface area contributed by atoms with Gasteiger partial charge in [-0.15, -0.1) is 0 Å². The van der Waals surface area contributed by atoms with Gasteiger partial charge < -0.3 is 10.1 Å². The van der Waals surface area contributed by atoms with E-state index in [1.807, 2.05) is 30.5 Å². The van der Waals surface area contributed by atoms with Gasteiger partial charge in [0.15, 0.2) is 0 Å². The van der Waals surface area contributed by atoms with Gasteiger partial charge in [0.1, 0.15) is 11.9 Å². The molecule has 0 saturated carbocycles. The highest BCUT2D eigenvalue weighted by Crippen LogP contribution is 2.28. The van der Waals surface area contributed by atoms with Gasteiger partial charge >= 0.3 is 0 Å². The van der Waals surface area contributed by atoms with Gasteiger partial charge in [-0.2, -0.15) is 5.10 Å². The summed E-state index contributed by atoms with van der Waals surface area (Å²) in [6.07, 6.45) is 9.91. The van der Waals surface area contributed by atoms with Crippen LogP contribution in [0.25, 0.3) is 0 Å². The van der Waals surface area contributed by atoms with Crippen molar-refractivity contribution in [3.63, 3.8) is 0 Å². The summed E-state index contributed by atoms with van der Waals surface area (Å²) in [4.78, 5) is 16.5. The molecule has 1 amide bonds. The molecular formula is C21H26N4O2. The first-order valence-corrected chi connectivity index (χ1v) is 9.86. The van der Waals surface area contributed by atoms with Crippen LogP contribution in [0.4, 0.5) is 0 Å². The van der Waals surface area contributed by atoms with Crippen LogP contribution in [0.2, 0.25) is 0 Å². The van der Waals surface area contributed by atoms with E-state index >= 15 is 0 Å². The molecule has 1 aromatic rings. The minimum atomic E-state index is -0.0933. The van der Waals surface area contributed by atoms with Crippen LogP contribution >= 0.6 is 0 Å². The molecular weight excluding hydrogens is 340 g/mol. The molecule has 3 aliphatic rings. The van der Waals surface area contributed by atoms with Crippen LogP contribution in [-0.2, 0) is 4.79 Å². The fourth-order valence-corrected chi connectivity index (χ4v) is 3.76. The maximum atomic E-state index is 11.9. The van der Waals surface area contributed by atoms with Crippen molar-refractivity contribution in [2.24, 2.45) is 16.0 Å². The largest absolute Gasteiger partial charge is 0.490 e. The number of nitrogens with one attached hydrogen (secondary N) is 2. The highest BCUT2D eigenvalue weighted by atomic mass is 16.5. The molecule has 2 N–H and O–H groups in total. The molecule has 1 saturated heterocycles. The molecule has 0 aromatic heterocycles. The highest BCUT2D eigenvalue weighted by molar-refractivity contribution is 6.07. The van der Waals surface area contributed by atoms with Gasteiger partial charge in [0.2, 0.25) is 5.91 Å².